The summed E-state index contributed by atoms with van der Waals surface area (Å²) in [4.78, 5) is 25.9. The first kappa shape index (κ1) is 20.6. The molecule has 3 atom stereocenters. The van der Waals surface area contributed by atoms with E-state index in [-0.39, 0.29) is 33.3 Å². The molecule has 0 amide bonds. The summed E-state index contributed by atoms with van der Waals surface area (Å²) >= 11 is 0. The van der Waals surface area contributed by atoms with E-state index in [2.05, 4.69) is 4.99 Å². The lowest BCUT2D eigenvalue weighted by atomic mass is 9.88. The number of fused-ring (bicyclic) bond motifs is 1. The molecule has 0 aliphatic carbocycles. The van der Waals surface area contributed by atoms with E-state index < -0.39 is 45.6 Å². The Morgan fingerprint density at radius 3 is 2.52 bits per heavy atom. The summed E-state index contributed by atoms with van der Waals surface area (Å²) in [7, 11) is -2.12. The van der Waals surface area contributed by atoms with Crippen LogP contribution in [0.1, 0.15) is 12.0 Å². The van der Waals surface area contributed by atoms with Crippen LogP contribution in [0.4, 0.5) is 15.8 Å². The lowest BCUT2D eigenvalue weighted by Crippen LogP contribution is -2.46. The summed E-state index contributed by atoms with van der Waals surface area (Å²) in [6.45, 7) is -1.12. The number of hydrogen-bond donors (Lipinski definition) is 3. The van der Waals surface area contributed by atoms with Crippen molar-refractivity contribution in [3.05, 3.63) is 58.1 Å². The lowest BCUT2D eigenvalue weighted by Gasteiger charge is -2.32. The maximum Gasteiger partial charge on any atom is 0.320 e. The first-order valence-corrected chi connectivity index (χ1v) is 9.48. The van der Waals surface area contributed by atoms with Gasteiger partial charge in [0.1, 0.15) is 23.2 Å². The van der Waals surface area contributed by atoms with Crippen LogP contribution in [-0.4, -0.2) is 43.7 Å². The van der Waals surface area contributed by atoms with E-state index >= 15 is 0 Å². The molecule has 1 aliphatic rings. The molecule has 152 valence electrons. The predicted molar refractivity (Wildman–Crippen MR) is 103 cm³/mol. The third kappa shape index (κ3) is 3.49. The molecule has 29 heavy (non-hydrogen) atoms. The molecule has 2 unspecified atom stereocenters. The van der Waals surface area contributed by atoms with E-state index in [0.29, 0.717) is 0 Å². The summed E-state index contributed by atoms with van der Waals surface area (Å²) in [6, 6.07) is 7.26. The molecule has 0 radical (unpaired) electrons. The molecular formula is C18H16FN3O6S. The highest BCUT2D eigenvalue weighted by Gasteiger charge is 2.51. The minimum absolute atomic E-state index is 0.102. The summed E-state index contributed by atoms with van der Waals surface area (Å²) in [5.74, 6) is -1.58. The van der Waals surface area contributed by atoms with E-state index in [1.807, 2.05) is 0 Å². The molecule has 11 heteroatoms. The van der Waals surface area contributed by atoms with Crippen LogP contribution in [0.5, 0.6) is 5.75 Å². The highest BCUT2D eigenvalue weighted by atomic mass is 32.2. The molecule has 0 spiro atoms. The minimum Gasteiger partial charge on any atom is -0.508 e. The molecule has 4 N–H and O–H groups in total. The second-order valence-corrected chi connectivity index (χ2v) is 8.09. The fourth-order valence-corrected chi connectivity index (χ4v) is 5.07. The van der Waals surface area contributed by atoms with E-state index in [4.69, 9.17) is 5.73 Å². The van der Waals surface area contributed by atoms with Crippen molar-refractivity contribution >= 4 is 33.9 Å². The van der Waals surface area contributed by atoms with Crippen molar-refractivity contribution < 1.29 is 28.5 Å². The summed E-state index contributed by atoms with van der Waals surface area (Å²) in [6.07, 6.45) is -0.453. The number of carboxylic acid groups (broad SMARTS) is 1. The van der Waals surface area contributed by atoms with Crippen molar-refractivity contribution in [2.24, 2.45) is 10.7 Å². The molecule has 2 aromatic carbocycles. The van der Waals surface area contributed by atoms with Crippen LogP contribution in [0.15, 0.2) is 52.4 Å². The molecule has 9 nitrogen and oxygen atoms in total. The topological polar surface area (TPSA) is 156 Å². The predicted octanol–water partition coefficient (Wildman–Crippen LogP) is 2.16. The SMILES string of the molecule is N[C@@H](CC1(S(=O)c2ccc([N+](=O)[O-])cc2)C(CF)=Nc2ccc(O)cc21)C(=O)O. The van der Waals surface area contributed by atoms with Crippen molar-refractivity contribution in [3.63, 3.8) is 0 Å². The second-order valence-electron chi connectivity index (χ2n) is 6.39. The van der Waals surface area contributed by atoms with Gasteiger partial charge in [-0.3, -0.25) is 24.1 Å². The number of aliphatic imine (C=N–C) groups is 1. The van der Waals surface area contributed by atoms with E-state index in [1.54, 1.807) is 0 Å². The molecule has 1 heterocycles. The van der Waals surface area contributed by atoms with Gasteiger partial charge in [0.25, 0.3) is 5.69 Å². The van der Waals surface area contributed by atoms with Gasteiger partial charge in [0, 0.05) is 29.0 Å². The zero-order valence-electron chi connectivity index (χ0n) is 14.8. The van der Waals surface area contributed by atoms with Crippen LogP contribution in [0.2, 0.25) is 0 Å². The standard InChI is InChI=1S/C18H16FN3O6S/c19-9-16-18(8-14(20)17(24)25,13-7-11(23)3-6-15(13)21-16)29(28)12-4-1-10(2-5-12)22(26)27/h1-7,14,23H,8-9,20H2,(H,24,25)/t14-,18?,29?/m0/s1. The number of nitro groups is 1. The van der Waals surface area contributed by atoms with Crippen LogP contribution < -0.4 is 5.73 Å². The summed E-state index contributed by atoms with van der Waals surface area (Å²) in [5.41, 5.74) is 5.71. The Morgan fingerprint density at radius 2 is 1.97 bits per heavy atom. The molecule has 0 bridgehead atoms. The number of nitrogens with zero attached hydrogens (tertiary/aromatic N) is 2. The fourth-order valence-electron chi connectivity index (χ4n) is 3.27. The van der Waals surface area contributed by atoms with Gasteiger partial charge in [-0.25, -0.2) is 4.39 Å². The van der Waals surface area contributed by atoms with E-state index in [0.717, 1.165) is 12.1 Å². The highest BCUT2D eigenvalue weighted by Crippen LogP contribution is 2.48. The molecule has 2 aromatic rings. The Hall–Kier alpha value is -3.18. The first-order valence-electron chi connectivity index (χ1n) is 8.33. The number of hydrogen-bond acceptors (Lipinski definition) is 7. The number of nitrogens with two attached hydrogens (primary N) is 1. The quantitative estimate of drug-likeness (QED) is 0.457. The van der Waals surface area contributed by atoms with Crippen LogP contribution >= 0.6 is 0 Å². The number of carbonyl (C=O) groups is 1. The average molecular weight is 421 g/mol. The third-order valence-corrected chi connectivity index (χ3v) is 6.62. The number of nitro benzene ring substituents is 1. The number of alkyl halides is 1. The zero-order chi connectivity index (χ0) is 21.3. The smallest absolute Gasteiger partial charge is 0.320 e. The van der Waals surface area contributed by atoms with Crippen molar-refractivity contribution in [3.8, 4) is 5.75 Å². The van der Waals surface area contributed by atoms with Gasteiger partial charge in [0.05, 0.1) is 27.1 Å². The van der Waals surface area contributed by atoms with Crippen LogP contribution in [0, 0.1) is 10.1 Å². The van der Waals surface area contributed by atoms with Gasteiger partial charge in [0.15, 0.2) is 0 Å². The minimum atomic E-state index is -2.12. The van der Waals surface area contributed by atoms with E-state index in [9.17, 15) is 33.7 Å². The number of aromatic hydroxyl groups is 1. The van der Waals surface area contributed by atoms with Gasteiger partial charge in [-0.2, -0.15) is 0 Å². The number of phenolic OH excluding ortho intramolecular Hbond substituents is 1. The van der Waals surface area contributed by atoms with Gasteiger partial charge in [-0.1, -0.05) is 0 Å². The molecular weight excluding hydrogens is 405 g/mol. The molecule has 0 saturated heterocycles. The van der Waals surface area contributed by atoms with Crippen LogP contribution in [0.25, 0.3) is 0 Å². The number of benzene rings is 2. The van der Waals surface area contributed by atoms with Crippen molar-refractivity contribution in [2.75, 3.05) is 6.67 Å². The fraction of sp³-hybridized carbons (Fsp3) is 0.222. The third-order valence-electron chi connectivity index (χ3n) is 4.67. The molecule has 0 saturated carbocycles. The summed E-state index contributed by atoms with van der Waals surface area (Å²) in [5, 5.41) is 30.1. The Kier molecular flexibility index (Phi) is 5.44. The largest absolute Gasteiger partial charge is 0.508 e. The van der Waals surface area contributed by atoms with Crippen molar-refractivity contribution in [1.82, 2.24) is 0 Å². The normalized spacial score (nSPS) is 19.9. The molecule has 3 rings (SSSR count). The van der Waals surface area contributed by atoms with E-state index in [1.165, 1.54) is 30.3 Å². The maximum absolute atomic E-state index is 14.0. The van der Waals surface area contributed by atoms with Gasteiger partial charge in [-0.05, 0) is 30.3 Å². The number of halogens is 1. The second kappa shape index (κ2) is 7.68. The summed E-state index contributed by atoms with van der Waals surface area (Å²) < 4.78 is 25.8. The number of non-ortho nitro benzene ring substituents is 1. The lowest BCUT2D eigenvalue weighted by molar-refractivity contribution is -0.384. The van der Waals surface area contributed by atoms with Crippen LogP contribution in [-0.2, 0) is 20.3 Å². The van der Waals surface area contributed by atoms with Crippen molar-refractivity contribution in [2.45, 2.75) is 22.1 Å². The monoisotopic (exact) mass is 421 g/mol. The Morgan fingerprint density at radius 1 is 1.31 bits per heavy atom. The number of rotatable bonds is 7. The average Bonchev–Trinajstić information content (AvgIpc) is 3.01. The molecule has 1 aliphatic heterocycles. The van der Waals surface area contributed by atoms with Gasteiger partial charge < -0.3 is 15.9 Å². The van der Waals surface area contributed by atoms with Gasteiger partial charge in [-0.15, -0.1) is 0 Å². The van der Waals surface area contributed by atoms with Gasteiger partial charge >= 0.3 is 5.97 Å². The number of carboxylic acids is 1. The van der Waals surface area contributed by atoms with Crippen molar-refractivity contribution in [1.29, 1.82) is 0 Å². The Labute approximate surface area is 166 Å². The highest BCUT2D eigenvalue weighted by molar-refractivity contribution is 7.87. The first-order chi connectivity index (χ1) is 13.7. The van der Waals surface area contributed by atoms with Crippen LogP contribution in [0.3, 0.4) is 0 Å². The number of aliphatic carboxylic acids is 1. The maximum atomic E-state index is 14.0. The van der Waals surface area contributed by atoms with Gasteiger partial charge in [0.2, 0.25) is 0 Å². The zero-order valence-corrected chi connectivity index (χ0v) is 15.6. The molecule has 0 fully saturated rings. The number of phenols is 1. The Bertz CT molecular complexity index is 1040. The molecule has 0 aromatic heterocycles. The Balaban J connectivity index is 2.20.